The highest BCUT2D eigenvalue weighted by Crippen LogP contribution is 2.33. The van der Waals surface area contributed by atoms with Crippen LogP contribution in [0.3, 0.4) is 0 Å². The first kappa shape index (κ1) is 19.3. The first-order valence-corrected chi connectivity index (χ1v) is 9.71. The summed E-state index contributed by atoms with van der Waals surface area (Å²) in [7, 11) is 0. The Balaban J connectivity index is 1.71. The van der Waals surface area contributed by atoms with E-state index in [0.29, 0.717) is 47.6 Å². The molecule has 1 amide bonds. The summed E-state index contributed by atoms with van der Waals surface area (Å²) in [6.07, 6.45) is 1.61. The smallest absolute Gasteiger partial charge is 0.219 e. The summed E-state index contributed by atoms with van der Waals surface area (Å²) in [5.74, 6) is -0.0420. The van der Waals surface area contributed by atoms with Crippen LogP contribution in [0.2, 0.25) is 0 Å². The lowest BCUT2D eigenvalue weighted by Crippen LogP contribution is -2.45. The molecule has 0 bridgehead atoms. The van der Waals surface area contributed by atoms with Crippen molar-refractivity contribution in [1.82, 2.24) is 19.9 Å². The van der Waals surface area contributed by atoms with Crippen LogP contribution in [0.4, 0.5) is 0 Å². The van der Waals surface area contributed by atoms with Crippen molar-refractivity contribution >= 4 is 17.1 Å². The number of aliphatic hydroxyl groups excluding tert-OH is 1. The van der Waals surface area contributed by atoms with Crippen LogP contribution >= 0.6 is 0 Å². The number of nitrogens with zero attached hydrogens (tertiary/aromatic N) is 4. The third kappa shape index (κ3) is 3.65. The third-order valence-corrected chi connectivity index (χ3v) is 5.55. The van der Waals surface area contributed by atoms with Crippen molar-refractivity contribution in [3.05, 3.63) is 47.3 Å². The van der Waals surface area contributed by atoms with E-state index in [1.54, 1.807) is 17.2 Å². The maximum Gasteiger partial charge on any atom is 0.219 e. The van der Waals surface area contributed by atoms with E-state index in [1.165, 1.54) is 6.92 Å². The Kier molecular flexibility index (Phi) is 4.92. The van der Waals surface area contributed by atoms with Gasteiger partial charge in [-0.1, -0.05) is 6.07 Å². The molecule has 2 aromatic heterocycles. The van der Waals surface area contributed by atoms with Crippen LogP contribution in [-0.2, 0) is 4.79 Å². The van der Waals surface area contributed by atoms with Crippen molar-refractivity contribution in [3.8, 4) is 17.0 Å². The van der Waals surface area contributed by atoms with Crippen molar-refractivity contribution in [2.45, 2.75) is 39.2 Å². The highest BCUT2D eigenvalue weighted by molar-refractivity contribution is 5.78. The first-order valence-electron chi connectivity index (χ1n) is 9.71. The number of fused-ring (bicyclic) bond motifs is 1. The maximum absolute atomic E-state index is 11.6. The summed E-state index contributed by atoms with van der Waals surface area (Å²) in [5.41, 5.74) is 5.02. The second-order valence-corrected chi connectivity index (χ2v) is 7.74. The molecule has 3 heterocycles. The fraction of sp³-hybridized carbons (Fsp3) is 0.364. The lowest BCUT2D eigenvalue weighted by Gasteiger charge is -2.35. The lowest BCUT2D eigenvalue weighted by molar-refractivity contribution is -0.132. The quantitative estimate of drug-likeness (QED) is 0.696. The number of hydrogen-bond acceptors (Lipinski definition) is 6. The minimum atomic E-state index is -0.689. The Bertz CT molecular complexity index is 1080. The average molecular weight is 392 g/mol. The van der Waals surface area contributed by atoms with Gasteiger partial charge in [0, 0.05) is 37.7 Å². The molecule has 1 aromatic carbocycles. The van der Waals surface area contributed by atoms with E-state index in [-0.39, 0.29) is 17.6 Å². The van der Waals surface area contributed by atoms with E-state index in [4.69, 9.17) is 0 Å². The van der Waals surface area contributed by atoms with Crippen LogP contribution in [0.1, 0.15) is 36.1 Å². The predicted molar refractivity (Wildman–Crippen MR) is 110 cm³/mol. The van der Waals surface area contributed by atoms with Gasteiger partial charge in [0.15, 0.2) is 5.65 Å². The zero-order chi connectivity index (χ0) is 20.7. The van der Waals surface area contributed by atoms with Gasteiger partial charge in [0.2, 0.25) is 5.91 Å². The molecule has 2 atom stereocenters. The van der Waals surface area contributed by atoms with Crippen molar-refractivity contribution in [1.29, 1.82) is 0 Å². The standard InChI is InChI=1S/C22H24N4O3/c1-12-8-13(2)21(19(28)9-12)16-4-5-17-22(24-16)25-18(10-23-17)15-6-7-26(14(3)27)11-20(15)29/h4-5,8-10,15,20,28-29H,6-7,11H2,1-3H3. The summed E-state index contributed by atoms with van der Waals surface area (Å²) in [5, 5.41) is 20.9. The molecule has 2 N–H and O–H groups in total. The van der Waals surface area contributed by atoms with Gasteiger partial charge in [-0.05, 0) is 49.6 Å². The second kappa shape index (κ2) is 7.40. The number of carbonyl (C=O) groups is 1. The number of β-amino-alcohol motifs (C(OH)–C–C–N with tert-alkyl or cyclic N) is 1. The van der Waals surface area contributed by atoms with E-state index < -0.39 is 6.10 Å². The number of pyridine rings is 1. The number of aromatic nitrogens is 3. The van der Waals surface area contributed by atoms with Crippen LogP contribution in [0.25, 0.3) is 22.4 Å². The fourth-order valence-electron chi connectivity index (χ4n) is 4.07. The SMILES string of the molecule is CC(=O)N1CCC(c2cnc3ccc(-c4c(C)cc(C)cc4O)nc3n2)C(O)C1. The molecule has 0 aliphatic carbocycles. The Morgan fingerprint density at radius 1 is 1.21 bits per heavy atom. The Labute approximate surface area is 169 Å². The summed E-state index contributed by atoms with van der Waals surface area (Å²) < 4.78 is 0. The molecule has 0 saturated carbocycles. The van der Waals surface area contributed by atoms with Gasteiger partial charge in [0.05, 0.1) is 17.5 Å². The number of aryl methyl sites for hydroxylation is 2. The summed E-state index contributed by atoms with van der Waals surface area (Å²) in [4.78, 5) is 27.0. The number of likely N-dealkylation sites (tertiary alicyclic amines) is 1. The molecule has 2 unspecified atom stereocenters. The van der Waals surface area contributed by atoms with Crippen LogP contribution in [-0.4, -0.2) is 55.2 Å². The summed E-state index contributed by atoms with van der Waals surface area (Å²) in [6, 6.07) is 7.38. The minimum Gasteiger partial charge on any atom is -0.507 e. The van der Waals surface area contributed by atoms with Gasteiger partial charge in [0.1, 0.15) is 11.3 Å². The number of phenolic OH excluding ortho intramolecular Hbond substituents is 1. The number of benzene rings is 1. The van der Waals surface area contributed by atoms with Gasteiger partial charge in [-0.25, -0.2) is 9.97 Å². The van der Waals surface area contributed by atoms with Gasteiger partial charge in [0.25, 0.3) is 0 Å². The molecule has 4 rings (SSSR count). The van der Waals surface area contributed by atoms with E-state index in [2.05, 4.69) is 15.0 Å². The largest absolute Gasteiger partial charge is 0.507 e. The number of amides is 1. The molecular formula is C22H24N4O3. The average Bonchev–Trinajstić information content (AvgIpc) is 2.66. The van der Waals surface area contributed by atoms with Gasteiger partial charge in [-0.3, -0.25) is 9.78 Å². The van der Waals surface area contributed by atoms with Crippen LogP contribution in [0.15, 0.2) is 30.5 Å². The summed E-state index contributed by atoms with van der Waals surface area (Å²) >= 11 is 0. The van der Waals surface area contributed by atoms with Crippen molar-refractivity contribution in [2.24, 2.45) is 0 Å². The molecule has 1 saturated heterocycles. The highest BCUT2D eigenvalue weighted by Gasteiger charge is 2.31. The van der Waals surface area contributed by atoms with Crippen LogP contribution < -0.4 is 0 Å². The molecule has 0 spiro atoms. The Morgan fingerprint density at radius 3 is 2.69 bits per heavy atom. The van der Waals surface area contributed by atoms with Gasteiger partial charge < -0.3 is 15.1 Å². The van der Waals surface area contributed by atoms with Crippen molar-refractivity contribution < 1.29 is 15.0 Å². The van der Waals surface area contributed by atoms with E-state index in [0.717, 1.165) is 11.1 Å². The number of rotatable bonds is 2. The van der Waals surface area contributed by atoms with Gasteiger partial charge in [-0.2, -0.15) is 0 Å². The molecule has 7 heteroatoms. The van der Waals surface area contributed by atoms with Crippen molar-refractivity contribution in [2.75, 3.05) is 13.1 Å². The lowest BCUT2D eigenvalue weighted by atomic mass is 9.91. The van der Waals surface area contributed by atoms with E-state index in [9.17, 15) is 15.0 Å². The molecule has 1 fully saturated rings. The number of piperidine rings is 1. The molecule has 150 valence electrons. The van der Waals surface area contributed by atoms with Gasteiger partial charge in [-0.15, -0.1) is 0 Å². The molecule has 29 heavy (non-hydrogen) atoms. The van der Waals surface area contributed by atoms with Crippen LogP contribution in [0.5, 0.6) is 5.75 Å². The fourth-order valence-corrected chi connectivity index (χ4v) is 4.07. The molecule has 7 nitrogen and oxygen atoms in total. The Hall–Kier alpha value is -3.06. The number of phenols is 1. The zero-order valence-corrected chi connectivity index (χ0v) is 16.8. The van der Waals surface area contributed by atoms with Crippen molar-refractivity contribution in [3.63, 3.8) is 0 Å². The molecular weight excluding hydrogens is 368 g/mol. The van der Waals surface area contributed by atoms with E-state index in [1.807, 2.05) is 32.0 Å². The monoisotopic (exact) mass is 392 g/mol. The van der Waals surface area contributed by atoms with Gasteiger partial charge >= 0.3 is 0 Å². The zero-order valence-electron chi connectivity index (χ0n) is 16.8. The predicted octanol–water partition coefficient (Wildman–Crippen LogP) is 2.71. The first-order chi connectivity index (χ1) is 13.8. The number of hydrogen-bond donors (Lipinski definition) is 2. The Morgan fingerprint density at radius 2 is 2.00 bits per heavy atom. The normalized spacial score (nSPS) is 19.5. The topological polar surface area (TPSA) is 99.4 Å². The van der Waals surface area contributed by atoms with E-state index >= 15 is 0 Å². The third-order valence-electron chi connectivity index (χ3n) is 5.55. The number of carbonyl (C=O) groups excluding carboxylic acids is 1. The second-order valence-electron chi connectivity index (χ2n) is 7.74. The number of aromatic hydroxyl groups is 1. The number of aliphatic hydroxyl groups is 1. The maximum atomic E-state index is 11.6. The van der Waals surface area contributed by atoms with Crippen LogP contribution in [0, 0.1) is 13.8 Å². The molecule has 0 radical (unpaired) electrons. The molecule has 1 aliphatic rings. The highest BCUT2D eigenvalue weighted by atomic mass is 16.3. The molecule has 1 aliphatic heterocycles. The summed E-state index contributed by atoms with van der Waals surface area (Å²) in [6.45, 7) is 6.26. The molecule has 3 aromatic rings. The minimum absolute atomic E-state index is 0.0355.